The molecule has 0 aliphatic rings. The second-order valence-electron chi connectivity index (χ2n) is 4.68. The van der Waals surface area contributed by atoms with Crippen LogP contribution in [0, 0.1) is 0 Å². The average Bonchev–Trinajstić information content (AvgIpc) is 2.47. The molecule has 2 N–H and O–H groups in total. The molecule has 0 fully saturated rings. The van der Waals surface area contributed by atoms with E-state index >= 15 is 0 Å². The third-order valence-electron chi connectivity index (χ3n) is 3.10. The summed E-state index contributed by atoms with van der Waals surface area (Å²) in [6.45, 7) is 2.16. The van der Waals surface area contributed by atoms with Gasteiger partial charge >= 0.3 is 0 Å². The number of carbonyl (C=O) groups is 1. The number of amides is 1. The Morgan fingerprint density at radius 3 is 2.60 bits per heavy atom. The summed E-state index contributed by atoms with van der Waals surface area (Å²) in [7, 11) is 0. The fourth-order valence-corrected chi connectivity index (χ4v) is 1.93. The van der Waals surface area contributed by atoms with Crippen LogP contribution in [0.5, 0.6) is 0 Å². The van der Waals surface area contributed by atoms with Gasteiger partial charge in [0.2, 0.25) is 0 Å². The molecule has 2 rings (SSSR count). The molecule has 1 heterocycles. The molecule has 4 heteroatoms. The normalized spacial score (nSPS) is 10.2. The number of aryl methyl sites for hydroxylation is 1. The Bertz CT molecular complexity index is 629. The van der Waals surface area contributed by atoms with E-state index in [1.165, 1.54) is 24.0 Å². The van der Waals surface area contributed by atoms with Gasteiger partial charge in [-0.25, -0.2) is 0 Å². The van der Waals surface area contributed by atoms with E-state index in [2.05, 4.69) is 17.2 Å². The molecule has 1 amide bonds. The lowest BCUT2D eigenvalue weighted by Crippen LogP contribution is -2.20. The van der Waals surface area contributed by atoms with Crippen LogP contribution in [0.2, 0.25) is 0 Å². The number of hydrogen-bond acceptors (Lipinski definition) is 2. The Morgan fingerprint density at radius 1 is 1.20 bits per heavy atom. The van der Waals surface area contributed by atoms with Gasteiger partial charge in [-0.05, 0) is 30.5 Å². The first-order valence-corrected chi connectivity index (χ1v) is 6.78. The first kappa shape index (κ1) is 14.1. The van der Waals surface area contributed by atoms with Crippen LogP contribution in [0.25, 0.3) is 0 Å². The van der Waals surface area contributed by atoms with Crippen molar-refractivity contribution >= 4 is 11.6 Å². The molecule has 0 aliphatic heterocycles. The summed E-state index contributed by atoms with van der Waals surface area (Å²) < 4.78 is 0. The summed E-state index contributed by atoms with van der Waals surface area (Å²) in [4.78, 5) is 26.2. The van der Waals surface area contributed by atoms with E-state index in [1.54, 1.807) is 0 Å². The standard InChI is InChI=1S/C16H18N2O2/c1-2-3-4-12-5-7-13(8-6-12)18-16(20)14-11-17-10-9-15(14)19/h5-11H,2-4H2,1H3,(H,17,19)(H,18,20). The maximum atomic E-state index is 12.0. The minimum Gasteiger partial charge on any atom is -0.367 e. The fraction of sp³-hybridized carbons (Fsp3) is 0.250. The van der Waals surface area contributed by atoms with Gasteiger partial charge in [-0.1, -0.05) is 25.5 Å². The first-order valence-electron chi connectivity index (χ1n) is 6.78. The molecule has 0 atom stereocenters. The Morgan fingerprint density at radius 2 is 1.95 bits per heavy atom. The number of unbranched alkanes of at least 4 members (excludes halogenated alkanes) is 1. The topological polar surface area (TPSA) is 62.0 Å². The SMILES string of the molecule is CCCCc1ccc(NC(=O)c2c[nH]ccc2=O)cc1. The van der Waals surface area contributed by atoms with Gasteiger partial charge in [-0.15, -0.1) is 0 Å². The van der Waals surface area contributed by atoms with Crippen LogP contribution in [-0.2, 0) is 6.42 Å². The van der Waals surface area contributed by atoms with E-state index in [9.17, 15) is 9.59 Å². The summed E-state index contributed by atoms with van der Waals surface area (Å²) >= 11 is 0. The molecule has 0 aliphatic carbocycles. The van der Waals surface area contributed by atoms with Gasteiger partial charge in [0, 0.05) is 24.1 Å². The maximum Gasteiger partial charge on any atom is 0.261 e. The summed E-state index contributed by atoms with van der Waals surface area (Å²) in [6, 6.07) is 9.06. The van der Waals surface area contributed by atoms with Crippen molar-refractivity contribution in [2.75, 3.05) is 5.32 Å². The van der Waals surface area contributed by atoms with Crippen molar-refractivity contribution in [3.05, 3.63) is 64.1 Å². The van der Waals surface area contributed by atoms with Crippen molar-refractivity contribution in [2.45, 2.75) is 26.2 Å². The van der Waals surface area contributed by atoms with Crippen LogP contribution in [-0.4, -0.2) is 10.9 Å². The number of carbonyl (C=O) groups excluding carboxylic acids is 1. The zero-order chi connectivity index (χ0) is 14.4. The summed E-state index contributed by atoms with van der Waals surface area (Å²) in [5.74, 6) is -0.395. The summed E-state index contributed by atoms with van der Waals surface area (Å²) in [5.41, 5.74) is 1.77. The van der Waals surface area contributed by atoms with Crippen LogP contribution >= 0.6 is 0 Å². The molecular formula is C16H18N2O2. The van der Waals surface area contributed by atoms with E-state index in [4.69, 9.17) is 0 Å². The molecule has 0 bridgehead atoms. The molecule has 104 valence electrons. The van der Waals surface area contributed by atoms with E-state index in [-0.39, 0.29) is 11.0 Å². The van der Waals surface area contributed by atoms with Gasteiger partial charge in [0.05, 0.1) is 0 Å². The van der Waals surface area contributed by atoms with Crippen molar-refractivity contribution in [3.8, 4) is 0 Å². The smallest absolute Gasteiger partial charge is 0.261 e. The molecule has 0 unspecified atom stereocenters. The summed E-state index contributed by atoms with van der Waals surface area (Å²) in [6.07, 6.45) is 6.28. The molecule has 1 aromatic carbocycles. The molecule has 0 radical (unpaired) electrons. The highest BCUT2D eigenvalue weighted by Gasteiger charge is 2.09. The van der Waals surface area contributed by atoms with Gasteiger partial charge < -0.3 is 10.3 Å². The number of aromatic nitrogens is 1. The van der Waals surface area contributed by atoms with Gasteiger partial charge in [-0.3, -0.25) is 9.59 Å². The number of anilines is 1. The Kier molecular flexibility index (Phi) is 4.71. The van der Waals surface area contributed by atoms with E-state index in [0.29, 0.717) is 5.69 Å². The predicted octanol–water partition coefficient (Wildman–Crippen LogP) is 2.97. The minimum atomic E-state index is -0.395. The largest absolute Gasteiger partial charge is 0.367 e. The van der Waals surface area contributed by atoms with E-state index in [0.717, 1.165) is 19.3 Å². The second kappa shape index (κ2) is 6.70. The molecule has 0 saturated carbocycles. The minimum absolute atomic E-state index is 0.113. The third kappa shape index (κ3) is 3.57. The number of nitrogens with one attached hydrogen (secondary N) is 2. The van der Waals surface area contributed by atoms with Crippen LogP contribution in [0.15, 0.2) is 47.5 Å². The molecule has 1 aromatic heterocycles. The second-order valence-corrected chi connectivity index (χ2v) is 4.68. The fourth-order valence-electron chi connectivity index (χ4n) is 1.93. The number of rotatable bonds is 5. The van der Waals surface area contributed by atoms with Crippen molar-refractivity contribution in [1.82, 2.24) is 4.98 Å². The lowest BCUT2D eigenvalue weighted by molar-refractivity contribution is 0.102. The quantitative estimate of drug-likeness (QED) is 0.877. The van der Waals surface area contributed by atoms with Crippen molar-refractivity contribution < 1.29 is 4.79 Å². The molecular weight excluding hydrogens is 252 g/mol. The van der Waals surface area contributed by atoms with Crippen molar-refractivity contribution in [2.24, 2.45) is 0 Å². The van der Waals surface area contributed by atoms with E-state index in [1.807, 2.05) is 24.3 Å². The third-order valence-corrected chi connectivity index (χ3v) is 3.10. The number of pyridine rings is 1. The summed E-state index contributed by atoms with van der Waals surface area (Å²) in [5, 5.41) is 2.72. The number of hydrogen-bond donors (Lipinski definition) is 2. The van der Waals surface area contributed by atoms with E-state index < -0.39 is 5.91 Å². The molecule has 20 heavy (non-hydrogen) atoms. The highest BCUT2D eigenvalue weighted by molar-refractivity contribution is 6.03. The first-order chi connectivity index (χ1) is 9.70. The van der Waals surface area contributed by atoms with Gasteiger partial charge in [0.15, 0.2) is 5.43 Å². The van der Waals surface area contributed by atoms with Crippen LogP contribution in [0.4, 0.5) is 5.69 Å². The maximum absolute atomic E-state index is 12.0. The number of aromatic amines is 1. The number of H-pyrrole nitrogens is 1. The van der Waals surface area contributed by atoms with Gasteiger partial charge in [-0.2, -0.15) is 0 Å². The Labute approximate surface area is 117 Å². The Hall–Kier alpha value is -2.36. The predicted molar refractivity (Wildman–Crippen MR) is 80.1 cm³/mol. The van der Waals surface area contributed by atoms with Crippen LogP contribution in [0.3, 0.4) is 0 Å². The highest BCUT2D eigenvalue weighted by Crippen LogP contribution is 2.12. The van der Waals surface area contributed by atoms with Gasteiger partial charge in [0.1, 0.15) is 5.56 Å². The molecule has 4 nitrogen and oxygen atoms in total. The average molecular weight is 270 g/mol. The highest BCUT2D eigenvalue weighted by atomic mass is 16.2. The van der Waals surface area contributed by atoms with Crippen LogP contribution in [0.1, 0.15) is 35.7 Å². The number of benzene rings is 1. The molecule has 0 spiro atoms. The zero-order valence-corrected chi connectivity index (χ0v) is 11.5. The monoisotopic (exact) mass is 270 g/mol. The molecule has 2 aromatic rings. The lowest BCUT2D eigenvalue weighted by atomic mass is 10.1. The van der Waals surface area contributed by atoms with Gasteiger partial charge in [0.25, 0.3) is 5.91 Å². The van der Waals surface area contributed by atoms with Crippen molar-refractivity contribution in [1.29, 1.82) is 0 Å². The molecule has 0 saturated heterocycles. The Balaban J connectivity index is 2.05. The zero-order valence-electron chi connectivity index (χ0n) is 11.5. The lowest BCUT2D eigenvalue weighted by Gasteiger charge is -2.06. The van der Waals surface area contributed by atoms with Crippen molar-refractivity contribution in [3.63, 3.8) is 0 Å². The van der Waals surface area contributed by atoms with Crippen LogP contribution < -0.4 is 10.7 Å².